The molecule has 2 aromatic rings. The quantitative estimate of drug-likeness (QED) is 0.488. The van der Waals surface area contributed by atoms with Crippen LogP contribution in [0.1, 0.15) is 72.3 Å². The SMILES string of the molecule is CC.CC.CC.Cc1cc(CCCCCN2CCN(c3ccccc3)CC2)no1. The molecule has 4 heteroatoms. The Kier molecular flexibility index (Phi) is 17.1. The molecule has 1 aliphatic heterocycles. The van der Waals surface area contributed by atoms with E-state index in [0.29, 0.717) is 0 Å². The molecule has 0 unspecified atom stereocenters. The summed E-state index contributed by atoms with van der Waals surface area (Å²) in [6, 6.07) is 12.8. The van der Waals surface area contributed by atoms with Gasteiger partial charge in [0.15, 0.2) is 0 Å². The Labute approximate surface area is 180 Å². The molecule has 0 bridgehead atoms. The average molecular weight is 404 g/mol. The largest absolute Gasteiger partial charge is 0.369 e. The second kappa shape index (κ2) is 18.2. The first-order chi connectivity index (χ1) is 14.3. The second-order valence-electron chi connectivity index (χ2n) is 6.40. The van der Waals surface area contributed by atoms with Gasteiger partial charge in [0.25, 0.3) is 0 Å². The summed E-state index contributed by atoms with van der Waals surface area (Å²) in [5.41, 5.74) is 2.45. The number of aromatic nitrogens is 1. The number of aryl methyl sites for hydroxylation is 2. The zero-order chi connectivity index (χ0) is 21.9. The molecule has 4 nitrogen and oxygen atoms in total. The second-order valence-corrected chi connectivity index (χ2v) is 6.40. The van der Waals surface area contributed by atoms with Gasteiger partial charge < -0.3 is 9.42 Å². The maximum atomic E-state index is 5.10. The number of unbranched alkanes of at least 4 members (excludes halogenated alkanes) is 2. The van der Waals surface area contributed by atoms with Gasteiger partial charge in [-0.1, -0.05) is 71.3 Å². The minimum Gasteiger partial charge on any atom is -0.369 e. The number of hydrogen-bond donors (Lipinski definition) is 0. The van der Waals surface area contributed by atoms with E-state index < -0.39 is 0 Å². The van der Waals surface area contributed by atoms with E-state index in [1.165, 1.54) is 44.6 Å². The molecule has 0 amide bonds. The Morgan fingerprint density at radius 3 is 2.00 bits per heavy atom. The van der Waals surface area contributed by atoms with Crippen molar-refractivity contribution in [3.63, 3.8) is 0 Å². The van der Waals surface area contributed by atoms with Crippen LogP contribution in [0.5, 0.6) is 0 Å². The van der Waals surface area contributed by atoms with E-state index in [4.69, 9.17) is 4.52 Å². The van der Waals surface area contributed by atoms with Gasteiger partial charge in [0.1, 0.15) is 5.76 Å². The summed E-state index contributed by atoms with van der Waals surface area (Å²) in [7, 11) is 0. The first-order valence-electron chi connectivity index (χ1n) is 11.8. The third-order valence-electron chi connectivity index (χ3n) is 4.58. The van der Waals surface area contributed by atoms with Crippen LogP contribution in [0, 0.1) is 6.92 Å². The fourth-order valence-corrected chi connectivity index (χ4v) is 3.22. The number of rotatable bonds is 7. The number of anilines is 1. The summed E-state index contributed by atoms with van der Waals surface area (Å²) in [6.45, 7) is 19.8. The Bertz CT molecular complexity index is 575. The monoisotopic (exact) mass is 403 g/mol. The van der Waals surface area contributed by atoms with Gasteiger partial charge >= 0.3 is 0 Å². The van der Waals surface area contributed by atoms with Gasteiger partial charge in [-0.3, -0.25) is 4.90 Å². The topological polar surface area (TPSA) is 32.5 Å². The molecule has 0 spiro atoms. The van der Waals surface area contributed by atoms with Crippen LogP contribution in [0.4, 0.5) is 5.69 Å². The van der Waals surface area contributed by atoms with Gasteiger partial charge in [-0.15, -0.1) is 0 Å². The lowest BCUT2D eigenvalue weighted by molar-refractivity contribution is 0.252. The molecule has 1 saturated heterocycles. The lowest BCUT2D eigenvalue weighted by Crippen LogP contribution is -2.46. The Balaban J connectivity index is 0.00000120. The standard InChI is InChI=1S/C19H27N3O.3C2H6/c1-17-16-18(20-23-17)8-4-3-7-11-21-12-14-22(15-13-21)19-9-5-2-6-10-19;3*1-2/h2,5-6,9-10,16H,3-4,7-8,11-15H2,1H3;3*1-2H3. The molecule has 2 heterocycles. The minimum absolute atomic E-state index is 0.913. The molecule has 1 aromatic heterocycles. The van der Waals surface area contributed by atoms with Gasteiger partial charge in [0.2, 0.25) is 0 Å². The van der Waals surface area contributed by atoms with E-state index in [2.05, 4.69) is 45.3 Å². The first kappa shape index (κ1) is 27.2. The van der Waals surface area contributed by atoms with Crippen LogP contribution in [-0.4, -0.2) is 42.8 Å². The number of nitrogens with zero attached hydrogens (tertiary/aromatic N) is 3. The highest BCUT2D eigenvalue weighted by molar-refractivity contribution is 5.46. The number of benzene rings is 1. The highest BCUT2D eigenvalue weighted by Gasteiger charge is 2.16. The molecule has 1 aliphatic rings. The highest BCUT2D eigenvalue weighted by Crippen LogP contribution is 2.16. The van der Waals surface area contributed by atoms with Crippen molar-refractivity contribution in [3.8, 4) is 0 Å². The summed E-state index contributed by atoms with van der Waals surface area (Å²) >= 11 is 0. The van der Waals surface area contributed by atoms with E-state index in [0.717, 1.165) is 31.0 Å². The van der Waals surface area contributed by atoms with Crippen molar-refractivity contribution in [3.05, 3.63) is 47.9 Å². The van der Waals surface area contributed by atoms with E-state index in [1.807, 2.05) is 54.5 Å². The molecular formula is C25H45N3O. The van der Waals surface area contributed by atoms with E-state index >= 15 is 0 Å². The smallest absolute Gasteiger partial charge is 0.133 e. The van der Waals surface area contributed by atoms with E-state index in [9.17, 15) is 0 Å². The van der Waals surface area contributed by atoms with Crippen molar-refractivity contribution in [1.29, 1.82) is 0 Å². The predicted octanol–water partition coefficient (Wildman–Crippen LogP) is 6.60. The van der Waals surface area contributed by atoms with Crippen molar-refractivity contribution in [2.75, 3.05) is 37.6 Å². The van der Waals surface area contributed by atoms with Gasteiger partial charge in [-0.25, -0.2) is 0 Å². The van der Waals surface area contributed by atoms with Gasteiger partial charge in [-0.2, -0.15) is 0 Å². The fourth-order valence-electron chi connectivity index (χ4n) is 3.22. The Hall–Kier alpha value is -1.81. The zero-order valence-corrected chi connectivity index (χ0v) is 20.1. The van der Waals surface area contributed by atoms with Crippen LogP contribution in [0.3, 0.4) is 0 Å². The predicted molar refractivity (Wildman–Crippen MR) is 128 cm³/mol. The van der Waals surface area contributed by atoms with Crippen molar-refractivity contribution in [2.45, 2.75) is 74.1 Å². The summed E-state index contributed by atoms with van der Waals surface area (Å²) in [6.07, 6.45) is 4.79. The normalized spacial score (nSPS) is 13.3. The molecule has 1 fully saturated rings. The lowest BCUT2D eigenvalue weighted by Gasteiger charge is -2.36. The summed E-state index contributed by atoms with van der Waals surface area (Å²) in [5.74, 6) is 0.913. The molecule has 0 N–H and O–H groups in total. The molecule has 0 atom stereocenters. The third kappa shape index (κ3) is 11.1. The summed E-state index contributed by atoms with van der Waals surface area (Å²) < 4.78 is 5.10. The number of para-hydroxylation sites is 1. The summed E-state index contributed by atoms with van der Waals surface area (Å²) in [5, 5.41) is 4.05. The highest BCUT2D eigenvalue weighted by atomic mass is 16.5. The van der Waals surface area contributed by atoms with Crippen LogP contribution in [0.2, 0.25) is 0 Å². The maximum absolute atomic E-state index is 5.10. The average Bonchev–Trinajstić information content (AvgIpc) is 3.23. The molecule has 1 aromatic carbocycles. The summed E-state index contributed by atoms with van der Waals surface area (Å²) in [4.78, 5) is 5.09. The molecule has 0 radical (unpaired) electrons. The Morgan fingerprint density at radius 2 is 1.45 bits per heavy atom. The molecule has 29 heavy (non-hydrogen) atoms. The van der Waals surface area contributed by atoms with Crippen molar-refractivity contribution >= 4 is 5.69 Å². The van der Waals surface area contributed by atoms with Crippen molar-refractivity contribution in [1.82, 2.24) is 10.1 Å². The molecular weight excluding hydrogens is 358 g/mol. The van der Waals surface area contributed by atoms with E-state index in [1.54, 1.807) is 0 Å². The third-order valence-corrected chi connectivity index (χ3v) is 4.58. The van der Waals surface area contributed by atoms with Crippen LogP contribution < -0.4 is 4.90 Å². The van der Waals surface area contributed by atoms with Crippen molar-refractivity contribution < 1.29 is 4.52 Å². The minimum atomic E-state index is 0.913. The first-order valence-corrected chi connectivity index (χ1v) is 11.8. The number of piperazine rings is 1. The van der Waals surface area contributed by atoms with E-state index in [-0.39, 0.29) is 0 Å². The van der Waals surface area contributed by atoms with Gasteiger partial charge in [0.05, 0.1) is 5.69 Å². The Morgan fingerprint density at radius 1 is 0.828 bits per heavy atom. The van der Waals surface area contributed by atoms with Crippen molar-refractivity contribution in [2.24, 2.45) is 0 Å². The molecule has 3 rings (SSSR count). The maximum Gasteiger partial charge on any atom is 0.133 e. The molecule has 166 valence electrons. The molecule has 0 aliphatic carbocycles. The van der Waals surface area contributed by atoms with Gasteiger partial charge in [0, 0.05) is 37.9 Å². The lowest BCUT2D eigenvalue weighted by atomic mass is 10.1. The van der Waals surface area contributed by atoms with Crippen LogP contribution in [0.25, 0.3) is 0 Å². The zero-order valence-electron chi connectivity index (χ0n) is 20.1. The van der Waals surface area contributed by atoms with Gasteiger partial charge in [-0.05, 0) is 44.9 Å². The number of hydrogen-bond acceptors (Lipinski definition) is 4. The molecule has 0 saturated carbocycles. The van der Waals surface area contributed by atoms with Crippen LogP contribution >= 0.6 is 0 Å². The van der Waals surface area contributed by atoms with Crippen LogP contribution in [0.15, 0.2) is 40.9 Å². The van der Waals surface area contributed by atoms with Crippen LogP contribution in [-0.2, 0) is 6.42 Å². The fraction of sp³-hybridized carbons (Fsp3) is 0.640.